The van der Waals surface area contributed by atoms with E-state index in [0.29, 0.717) is 6.04 Å². The summed E-state index contributed by atoms with van der Waals surface area (Å²) in [5.74, 6) is 0.790. The fraction of sp³-hybridized carbons (Fsp3) is 1.00. The summed E-state index contributed by atoms with van der Waals surface area (Å²) in [7, 11) is 0. The van der Waals surface area contributed by atoms with Gasteiger partial charge in [0, 0.05) is 12.6 Å². The minimum Gasteiger partial charge on any atom is -0.217 e. The molecule has 1 aliphatic heterocycles. The first-order valence-corrected chi connectivity index (χ1v) is 3.96. The topological polar surface area (TPSA) is 3.24 Å². The first-order chi connectivity index (χ1) is 4.20. The molecule has 0 saturated carbocycles. The van der Waals surface area contributed by atoms with Crippen LogP contribution < -0.4 is 0 Å². The Morgan fingerprint density at radius 1 is 1.33 bits per heavy atom. The first-order valence-electron chi connectivity index (χ1n) is 3.62. The van der Waals surface area contributed by atoms with Crippen LogP contribution in [0.15, 0.2) is 0 Å². The SMILES string of the molecule is CC1CC[C@@H](C)CN1Cl. The van der Waals surface area contributed by atoms with Gasteiger partial charge in [-0.1, -0.05) is 6.92 Å². The third kappa shape index (κ3) is 1.84. The van der Waals surface area contributed by atoms with Gasteiger partial charge in [-0.25, -0.2) is 4.42 Å². The second kappa shape index (κ2) is 2.89. The van der Waals surface area contributed by atoms with Crippen LogP contribution in [0.2, 0.25) is 0 Å². The van der Waals surface area contributed by atoms with Gasteiger partial charge in [0.1, 0.15) is 0 Å². The summed E-state index contributed by atoms with van der Waals surface area (Å²) in [6.45, 7) is 5.49. The predicted octanol–water partition coefficient (Wildman–Crippen LogP) is 2.26. The summed E-state index contributed by atoms with van der Waals surface area (Å²) in [5.41, 5.74) is 0. The molecule has 1 aliphatic rings. The fourth-order valence-corrected chi connectivity index (χ4v) is 1.57. The molecule has 0 aromatic heterocycles. The summed E-state index contributed by atoms with van der Waals surface area (Å²) in [6, 6.07) is 0.586. The van der Waals surface area contributed by atoms with Crippen LogP contribution in [0.4, 0.5) is 0 Å². The van der Waals surface area contributed by atoms with E-state index in [1.165, 1.54) is 12.8 Å². The van der Waals surface area contributed by atoms with E-state index in [-0.39, 0.29) is 0 Å². The zero-order valence-corrected chi connectivity index (χ0v) is 6.86. The molecule has 1 saturated heterocycles. The molecule has 0 spiro atoms. The van der Waals surface area contributed by atoms with Crippen LogP contribution in [0, 0.1) is 5.92 Å². The van der Waals surface area contributed by atoms with Crippen molar-refractivity contribution in [3.05, 3.63) is 0 Å². The third-order valence-electron chi connectivity index (χ3n) is 2.04. The molecule has 9 heavy (non-hydrogen) atoms. The normalized spacial score (nSPS) is 39.0. The van der Waals surface area contributed by atoms with Crippen molar-refractivity contribution in [2.24, 2.45) is 5.92 Å². The highest BCUT2D eigenvalue weighted by Crippen LogP contribution is 2.22. The molecule has 1 nitrogen and oxygen atoms in total. The Hall–Kier alpha value is 0.250. The van der Waals surface area contributed by atoms with Crippen LogP contribution >= 0.6 is 11.8 Å². The Labute approximate surface area is 62.1 Å². The molecule has 0 N–H and O–H groups in total. The number of nitrogens with zero attached hydrogens (tertiary/aromatic N) is 1. The maximum Gasteiger partial charge on any atom is 0.0223 e. The lowest BCUT2D eigenvalue weighted by Gasteiger charge is -2.30. The molecule has 0 aromatic carbocycles. The van der Waals surface area contributed by atoms with Gasteiger partial charge in [0.05, 0.1) is 0 Å². The molecular weight excluding hydrogens is 134 g/mol. The van der Waals surface area contributed by atoms with Crippen molar-refractivity contribution in [1.82, 2.24) is 4.42 Å². The number of halogens is 1. The highest BCUT2D eigenvalue weighted by atomic mass is 35.5. The van der Waals surface area contributed by atoms with Crippen LogP contribution in [-0.4, -0.2) is 17.0 Å². The standard InChI is InChI=1S/C7H14ClN/c1-6-3-4-7(2)9(8)5-6/h6-7H,3-5H2,1-2H3/t6-,7?/m1/s1. The highest BCUT2D eigenvalue weighted by Gasteiger charge is 2.20. The Morgan fingerprint density at radius 2 is 2.00 bits per heavy atom. The van der Waals surface area contributed by atoms with Crippen molar-refractivity contribution >= 4 is 11.8 Å². The molecule has 1 fully saturated rings. The van der Waals surface area contributed by atoms with Crippen LogP contribution in [0.3, 0.4) is 0 Å². The van der Waals surface area contributed by atoms with Crippen molar-refractivity contribution in [3.8, 4) is 0 Å². The first kappa shape index (κ1) is 7.36. The van der Waals surface area contributed by atoms with Gasteiger partial charge in [-0.15, -0.1) is 0 Å². The van der Waals surface area contributed by atoms with Gasteiger partial charge in [0.15, 0.2) is 0 Å². The summed E-state index contributed by atoms with van der Waals surface area (Å²) in [4.78, 5) is 0. The number of hydrogen-bond donors (Lipinski definition) is 0. The van der Waals surface area contributed by atoms with Gasteiger partial charge in [-0.2, -0.15) is 0 Å². The molecule has 1 rings (SSSR count). The molecule has 0 aromatic rings. The maximum atomic E-state index is 5.90. The second-order valence-electron chi connectivity index (χ2n) is 3.11. The van der Waals surface area contributed by atoms with Crippen molar-refractivity contribution in [3.63, 3.8) is 0 Å². The van der Waals surface area contributed by atoms with Crippen LogP contribution in [0.25, 0.3) is 0 Å². The third-order valence-corrected chi connectivity index (χ3v) is 2.51. The Balaban J connectivity index is 2.35. The van der Waals surface area contributed by atoms with E-state index in [0.717, 1.165) is 12.5 Å². The zero-order chi connectivity index (χ0) is 6.85. The van der Waals surface area contributed by atoms with E-state index in [1.807, 2.05) is 4.42 Å². The smallest absolute Gasteiger partial charge is 0.0223 e. The van der Waals surface area contributed by atoms with Crippen LogP contribution in [-0.2, 0) is 0 Å². The quantitative estimate of drug-likeness (QED) is 0.475. The summed E-state index contributed by atoms with van der Waals surface area (Å²) in [5, 5.41) is 0. The fourth-order valence-electron chi connectivity index (χ4n) is 1.23. The molecule has 2 heteroatoms. The summed E-state index contributed by atoms with van der Waals surface area (Å²) < 4.78 is 1.92. The van der Waals surface area contributed by atoms with Gasteiger partial charge in [0.2, 0.25) is 0 Å². The van der Waals surface area contributed by atoms with E-state index in [2.05, 4.69) is 13.8 Å². The molecule has 2 atom stereocenters. The lowest BCUT2D eigenvalue weighted by Crippen LogP contribution is -2.33. The molecule has 54 valence electrons. The Kier molecular flexibility index (Phi) is 2.36. The van der Waals surface area contributed by atoms with Crippen LogP contribution in [0.1, 0.15) is 26.7 Å². The second-order valence-corrected chi connectivity index (χ2v) is 3.55. The molecule has 1 heterocycles. The summed E-state index contributed by atoms with van der Waals surface area (Å²) in [6.07, 6.45) is 2.59. The maximum absolute atomic E-state index is 5.90. The van der Waals surface area contributed by atoms with Crippen molar-refractivity contribution in [1.29, 1.82) is 0 Å². The summed E-state index contributed by atoms with van der Waals surface area (Å²) >= 11 is 5.90. The van der Waals surface area contributed by atoms with Gasteiger partial charge in [-0.3, -0.25) is 0 Å². The largest absolute Gasteiger partial charge is 0.217 e. The predicted molar refractivity (Wildman–Crippen MR) is 40.4 cm³/mol. The van der Waals surface area contributed by atoms with Crippen molar-refractivity contribution in [2.45, 2.75) is 32.7 Å². The average Bonchev–Trinajstić information content (AvgIpc) is 1.80. The van der Waals surface area contributed by atoms with E-state index in [1.54, 1.807) is 0 Å². The number of hydrogen-bond acceptors (Lipinski definition) is 1. The van der Waals surface area contributed by atoms with Gasteiger partial charge in [0.25, 0.3) is 0 Å². The van der Waals surface area contributed by atoms with E-state index in [4.69, 9.17) is 11.8 Å². The molecular formula is C7H14ClN. The minimum absolute atomic E-state index is 0.586. The number of piperidine rings is 1. The van der Waals surface area contributed by atoms with Crippen LogP contribution in [0.5, 0.6) is 0 Å². The zero-order valence-electron chi connectivity index (χ0n) is 6.10. The highest BCUT2D eigenvalue weighted by molar-refractivity contribution is 6.13. The molecule has 0 amide bonds. The van der Waals surface area contributed by atoms with Gasteiger partial charge < -0.3 is 0 Å². The molecule has 0 aliphatic carbocycles. The van der Waals surface area contributed by atoms with Gasteiger partial charge >= 0.3 is 0 Å². The lowest BCUT2D eigenvalue weighted by atomic mass is 9.97. The average molecular weight is 148 g/mol. The Bertz CT molecular complexity index is 94.9. The molecule has 1 unspecified atom stereocenters. The Morgan fingerprint density at radius 3 is 2.44 bits per heavy atom. The lowest BCUT2D eigenvalue weighted by molar-refractivity contribution is 0.226. The monoisotopic (exact) mass is 147 g/mol. The molecule has 0 radical (unpaired) electrons. The van der Waals surface area contributed by atoms with Gasteiger partial charge in [-0.05, 0) is 37.5 Å². The van der Waals surface area contributed by atoms with Crippen molar-refractivity contribution in [2.75, 3.05) is 6.54 Å². The van der Waals surface area contributed by atoms with E-state index < -0.39 is 0 Å². The minimum atomic E-state index is 0.586. The van der Waals surface area contributed by atoms with Crippen molar-refractivity contribution < 1.29 is 0 Å². The van der Waals surface area contributed by atoms with E-state index in [9.17, 15) is 0 Å². The molecule has 0 bridgehead atoms. The number of rotatable bonds is 0. The van der Waals surface area contributed by atoms with E-state index >= 15 is 0 Å².